The van der Waals surface area contributed by atoms with Gasteiger partial charge in [0.15, 0.2) is 0 Å². The van der Waals surface area contributed by atoms with Crippen LogP contribution in [0.3, 0.4) is 0 Å². The zero-order chi connectivity index (χ0) is 14.4. The van der Waals surface area contributed by atoms with E-state index in [1.165, 1.54) is 0 Å². The molecule has 0 aromatic carbocycles. The predicted molar refractivity (Wildman–Crippen MR) is 79.2 cm³/mol. The van der Waals surface area contributed by atoms with E-state index >= 15 is 0 Å². The second-order valence-corrected chi connectivity index (χ2v) is 5.32. The van der Waals surface area contributed by atoms with E-state index in [1.807, 2.05) is 31.8 Å². The number of nitrogens with two attached hydrogens (primary N) is 1. The van der Waals surface area contributed by atoms with Crippen LogP contribution in [0.25, 0.3) is 0 Å². The van der Waals surface area contributed by atoms with Crippen molar-refractivity contribution in [1.82, 2.24) is 14.8 Å². The Morgan fingerprint density at radius 2 is 2.21 bits per heavy atom. The van der Waals surface area contributed by atoms with Crippen LogP contribution in [-0.4, -0.2) is 42.1 Å². The van der Waals surface area contributed by atoms with Crippen molar-refractivity contribution in [2.24, 2.45) is 0 Å². The Kier molecular flexibility index (Phi) is 5.89. The van der Waals surface area contributed by atoms with Gasteiger partial charge in [0, 0.05) is 18.8 Å². The van der Waals surface area contributed by atoms with Crippen LogP contribution >= 0.6 is 0 Å². The molecule has 0 aliphatic carbocycles. The van der Waals surface area contributed by atoms with Crippen molar-refractivity contribution in [2.75, 3.05) is 26.4 Å². The van der Waals surface area contributed by atoms with Gasteiger partial charge in [0.25, 0.3) is 5.91 Å². The molecule has 1 aromatic rings. The molecule has 0 saturated heterocycles. The third-order valence-electron chi connectivity index (χ3n) is 3.00. The van der Waals surface area contributed by atoms with E-state index in [1.54, 1.807) is 6.07 Å². The minimum Gasteiger partial charge on any atom is -0.397 e. The molecule has 3 N–H and O–H groups in total. The van der Waals surface area contributed by atoms with Gasteiger partial charge in [-0.25, -0.2) is 0 Å². The summed E-state index contributed by atoms with van der Waals surface area (Å²) in [5.74, 6) is -0.0450. The first kappa shape index (κ1) is 15.6. The molecule has 1 atom stereocenters. The number of hydrogen-bond donors (Lipinski definition) is 2. The fraction of sp³-hybridized carbons (Fsp3) is 0.643. The molecule has 0 saturated carbocycles. The Balaban J connectivity index is 2.62. The van der Waals surface area contributed by atoms with E-state index in [0.29, 0.717) is 11.4 Å². The standard InChI is InChI=1S/C14H26N4O/c1-5-7-18-10-12(15)9-13(18)14(19)16-11(2)6-8-17(3)4/h9-11H,5-8,15H2,1-4H3,(H,16,19). The predicted octanol–water partition coefficient (Wildman–Crippen LogP) is 1.55. The van der Waals surface area contributed by atoms with E-state index in [4.69, 9.17) is 5.73 Å². The summed E-state index contributed by atoms with van der Waals surface area (Å²) in [6.45, 7) is 5.88. The minimum absolute atomic E-state index is 0.0450. The Labute approximate surface area is 115 Å². The van der Waals surface area contributed by atoms with Gasteiger partial charge in [-0.3, -0.25) is 4.79 Å². The fourth-order valence-corrected chi connectivity index (χ4v) is 1.97. The molecule has 0 aliphatic rings. The van der Waals surface area contributed by atoms with E-state index in [2.05, 4.69) is 17.1 Å². The molecule has 1 heterocycles. The van der Waals surface area contributed by atoms with Crippen LogP contribution in [0, 0.1) is 0 Å². The number of rotatable bonds is 7. The van der Waals surface area contributed by atoms with Gasteiger partial charge < -0.3 is 20.5 Å². The number of aryl methyl sites for hydroxylation is 1. The summed E-state index contributed by atoms with van der Waals surface area (Å²) in [5.41, 5.74) is 7.06. The molecule has 0 fully saturated rings. The maximum atomic E-state index is 12.2. The molecule has 0 radical (unpaired) electrons. The highest BCUT2D eigenvalue weighted by atomic mass is 16.2. The first-order valence-electron chi connectivity index (χ1n) is 6.85. The zero-order valence-corrected chi connectivity index (χ0v) is 12.4. The summed E-state index contributed by atoms with van der Waals surface area (Å²) in [6, 6.07) is 1.89. The Hall–Kier alpha value is -1.49. The van der Waals surface area contributed by atoms with Crippen molar-refractivity contribution in [1.29, 1.82) is 0 Å². The number of nitrogens with zero attached hydrogens (tertiary/aromatic N) is 2. The molecule has 5 heteroatoms. The number of nitrogen functional groups attached to an aromatic ring is 1. The van der Waals surface area contributed by atoms with Gasteiger partial charge in [-0.05, 0) is 46.5 Å². The molecule has 0 spiro atoms. The average Bonchev–Trinajstić information content (AvgIpc) is 2.68. The summed E-state index contributed by atoms with van der Waals surface area (Å²) in [6.07, 6.45) is 3.73. The van der Waals surface area contributed by atoms with Crippen molar-refractivity contribution in [2.45, 2.75) is 39.3 Å². The molecule has 1 aromatic heterocycles. The number of carbonyl (C=O) groups excluding carboxylic acids is 1. The molecule has 1 unspecified atom stereocenters. The lowest BCUT2D eigenvalue weighted by Crippen LogP contribution is -2.35. The van der Waals surface area contributed by atoms with E-state index in [0.717, 1.165) is 25.9 Å². The summed E-state index contributed by atoms with van der Waals surface area (Å²) in [7, 11) is 4.06. The average molecular weight is 266 g/mol. The summed E-state index contributed by atoms with van der Waals surface area (Å²) in [5, 5.41) is 3.02. The number of amides is 1. The lowest BCUT2D eigenvalue weighted by molar-refractivity contribution is 0.0927. The van der Waals surface area contributed by atoms with Crippen LogP contribution in [0.1, 0.15) is 37.2 Å². The monoisotopic (exact) mass is 266 g/mol. The van der Waals surface area contributed by atoms with Gasteiger partial charge in [0.1, 0.15) is 5.69 Å². The third-order valence-corrected chi connectivity index (χ3v) is 3.00. The maximum Gasteiger partial charge on any atom is 0.268 e. The Morgan fingerprint density at radius 3 is 2.79 bits per heavy atom. The molecule has 0 aliphatic heterocycles. The van der Waals surface area contributed by atoms with Gasteiger partial charge >= 0.3 is 0 Å². The highest BCUT2D eigenvalue weighted by Crippen LogP contribution is 2.11. The van der Waals surface area contributed by atoms with Crippen molar-refractivity contribution in [3.63, 3.8) is 0 Å². The summed E-state index contributed by atoms with van der Waals surface area (Å²) < 4.78 is 1.92. The second kappa shape index (κ2) is 7.19. The third kappa shape index (κ3) is 4.95. The SMILES string of the molecule is CCCn1cc(N)cc1C(=O)NC(C)CCN(C)C. The second-order valence-electron chi connectivity index (χ2n) is 5.32. The minimum atomic E-state index is -0.0450. The molecular weight excluding hydrogens is 240 g/mol. The number of aromatic nitrogens is 1. The molecule has 108 valence electrons. The van der Waals surface area contributed by atoms with Gasteiger partial charge in [0.05, 0.1) is 5.69 Å². The highest BCUT2D eigenvalue weighted by molar-refractivity contribution is 5.94. The van der Waals surface area contributed by atoms with Crippen LogP contribution in [0.15, 0.2) is 12.3 Å². The first-order chi connectivity index (χ1) is 8.93. The summed E-state index contributed by atoms with van der Waals surface area (Å²) in [4.78, 5) is 14.3. The van der Waals surface area contributed by atoms with Crippen LogP contribution < -0.4 is 11.1 Å². The largest absolute Gasteiger partial charge is 0.397 e. The fourth-order valence-electron chi connectivity index (χ4n) is 1.97. The molecule has 1 rings (SSSR count). The van der Waals surface area contributed by atoms with Crippen LogP contribution in [0.4, 0.5) is 5.69 Å². The quantitative estimate of drug-likeness (QED) is 0.787. The highest BCUT2D eigenvalue weighted by Gasteiger charge is 2.14. The smallest absolute Gasteiger partial charge is 0.268 e. The first-order valence-corrected chi connectivity index (χ1v) is 6.85. The number of carbonyl (C=O) groups is 1. The Morgan fingerprint density at radius 1 is 1.53 bits per heavy atom. The van der Waals surface area contributed by atoms with E-state index in [-0.39, 0.29) is 11.9 Å². The molecule has 5 nitrogen and oxygen atoms in total. The molecule has 1 amide bonds. The van der Waals surface area contributed by atoms with Gasteiger partial charge in [0.2, 0.25) is 0 Å². The van der Waals surface area contributed by atoms with E-state index < -0.39 is 0 Å². The van der Waals surface area contributed by atoms with Crippen molar-refractivity contribution < 1.29 is 4.79 Å². The van der Waals surface area contributed by atoms with Gasteiger partial charge in [-0.2, -0.15) is 0 Å². The van der Waals surface area contributed by atoms with Crippen LogP contribution in [0.5, 0.6) is 0 Å². The maximum absolute atomic E-state index is 12.2. The Bertz CT molecular complexity index is 412. The summed E-state index contributed by atoms with van der Waals surface area (Å²) >= 11 is 0. The number of nitrogens with one attached hydrogen (secondary N) is 1. The number of hydrogen-bond acceptors (Lipinski definition) is 3. The zero-order valence-electron chi connectivity index (χ0n) is 12.4. The van der Waals surface area contributed by atoms with E-state index in [9.17, 15) is 4.79 Å². The molecule has 19 heavy (non-hydrogen) atoms. The molecule has 0 bridgehead atoms. The lowest BCUT2D eigenvalue weighted by Gasteiger charge is -2.17. The van der Waals surface area contributed by atoms with Crippen molar-refractivity contribution >= 4 is 11.6 Å². The topological polar surface area (TPSA) is 63.3 Å². The normalized spacial score (nSPS) is 12.7. The van der Waals surface area contributed by atoms with Crippen molar-refractivity contribution in [3.8, 4) is 0 Å². The molecular formula is C14H26N4O. The lowest BCUT2D eigenvalue weighted by atomic mass is 10.2. The van der Waals surface area contributed by atoms with Crippen LogP contribution in [0.2, 0.25) is 0 Å². The van der Waals surface area contributed by atoms with Gasteiger partial charge in [-0.15, -0.1) is 0 Å². The van der Waals surface area contributed by atoms with Gasteiger partial charge in [-0.1, -0.05) is 6.92 Å². The number of anilines is 1. The van der Waals surface area contributed by atoms with Crippen molar-refractivity contribution in [3.05, 3.63) is 18.0 Å². The van der Waals surface area contributed by atoms with Crippen LogP contribution in [-0.2, 0) is 6.54 Å².